The Morgan fingerprint density at radius 1 is 1.16 bits per heavy atom. The Morgan fingerprint density at radius 2 is 1.95 bits per heavy atom. The minimum absolute atomic E-state index is 0.0973. The average Bonchev–Trinajstić information content (AvgIpc) is 2.84. The standard InChI is InChI=1S/C16H14N2O/c1-18-9-8-17-16(18)11-15(19)14-7-6-12-4-2-3-5-13(12)10-14/h2-10H,11H2,1H3. The van der Waals surface area contributed by atoms with Crippen molar-refractivity contribution >= 4 is 16.6 Å². The number of aromatic nitrogens is 2. The maximum Gasteiger partial charge on any atom is 0.170 e. The Morgan fingerprint density at radius 3 is 2.68 bits per heavy atom. The van der Waals surface area contributed by atoms with Crippen LogP contribution in [0.1, 0.15) is 16.2 Å². The number of rotatable bonds is 3. The van der Waals surface area contributed by atoms with Gasteiger partial charge in [0.15, 0.2) is 5.78 Å². The summed E-state index contributed by atoms with van der Waals surface area (Å²) in [4.78, 5) is 16.4. The fourth-order valence-corrected chi connectivity index (χ4v) is 2.18. The largest absolute Gasteiger partial charge is 0.338 e. The Bertz CT molecular complexity index is 743. The molecule has 0 radical (unpaired) electrons. The molecule has 3 heteroatoms. The van der Waals surface area contributed by atoms with E-state index in [9.17, 15) is 4.79 Å². The highest BCUT2D eigenvalue weighted by atomic mass is 16.1. The number of imidazole rings is 1. The van der Waals surface area contributed by atoms with E-state index in [0.717, 1.165) is 22.2 Å². The number of carbonyl (C=O) groups excluding carboxylic acids is 1. The number of ketones is 1. The van der Waals surface area contributed by atoms with Gasteiger partial charge in [-0.05, 0) is 16.8 Å². The molecule has 0 aliphatic rings. The molecular formula is C16H14N2O. The van der Waals surface area contributed by atoms with Crippen molar-refractivity contribution in [1.82, 2.24) is 9.55 Å². The average molecular weight is 250 g/mol. The predicted molar refractivity (Wildman–Crippen MR) is 75.2 cm³/mol. The Hall–Kier alpha value is -2.42. The summed E-state index contributed by atoms with van der Waals surface area (Å²) in [6, 6.07) is 13.9. The first-order valence-electron chi connectivity index (χ1n) is 6.22. The smallest absolute Gasteiger partial charge is 0.170 e. The first-order chi connectivity index (χ1) is 9.24. The molecule has 0 unspecified atom stereocenters. The van der Waals surface area contributed by atoms with E-state index in [-0.39, 0.29) is 5.78 Å². The van der Waals surface area contributed by atoms with Crippen LogP contribution in [0.15, 0.2) is 54.9 Å². The third kappa shape index (κ3) is 2.27. The van der Waals surface area contributed by atoms with E-state index in [1.807, 2.05) is 60.3 Å². The zero-order valence-corrected chi connectivity index (χ0v) is 10.7. The summed E-state index contributed by atoms with van der Waals surface area (Å²) < 4.78 is 1.87. The molecule has 1 aromatic heterocycles. The Kier molecular flexibility index (Phi) is 2.88. The van der Waals surface area contributed by atoms with Gasteiger partial charge < -0.3 is 4.57 Å². The van der Waals surface area contributed by atoms with E-state index in [4.69, 9.17) is 0 Å². The molecule has 0 atom stereocenters. The van der Waals surface area contributed by atoms with Gasteiger partial charge in [-0.15, -0.1) is 0 Å². The third-order valence-electron chi connectivity index (χ3n) is 3.31. The minimum atomic E-state index is 0.0973. The summed E-state index contributed by atoms with van der Waals surface area (Å²) in [5, 5.41) is 2.24. The van der Waals surface area contributed by atoms with Crippen LogP contribution in [-0.4, -0.2) is 15.3 Å². The van der Waals surface area contributed by atoms with Gasteiger partial charge >= 0.3 is 0 Å². The summed E-state index contributed by atoms with van der Waals surface area (Å²) in [5.41, 5.74) is 0.738. The van der Waals surface area contributed by atoms with Crippen molar-refractivity contribution in [1.29, 1.82) is 0 Å². The number of Topliss-reactive ketones (excluding diaryl/α,β-unsaturated/α-hetero) is 1. The van der Waals surface area contributed by atoms with Gasteiger partial charge in [-0.2, -0.15) is 0 Å². The van der Waals surface area contributed by atoms with E-state index in [1.54, 1.807) is 6.20 Å². The molecular weight excluding hydrogens is 236 g/mol. The van der Waals surface area contributed by atoms with Gasteiger partial charge in [0.05, 0.1) is 6.42 Å². The highest BCUT2D eigenvalue weighted by Gasteiger charge is 2.10. The fourth-order valence-electron chi connectivity index (χ4n) is 2.18. The van der Waals surface area contributed by atoms with Crippen LogP contribution in [0.5, 0.6) is 0 Å². The van der Waals surface area contributed by atoms with Gasteiger partial charge in [0.1, 0.15) is 5.82 Å². The maximum absolute atomic E-state index is 12.3. The van der Waals surface area contributed by atoms with Crippen LogP contribution in [0.25, 0.3) is 10.8 Å². The monoisotopic (exact) mass is 250 g/mol. The molecule has 0 aliphatic heterocycles. The molecule has 0 aliphatic carbocycles. The number of hydrogen-bond acceptors (Lipinski definition) is 2. The van der Waals surface area contributed by atoms with Crippen LogP contribution in [0.3, 0.4) is 0 Å². The molecule has 1 heterocycles. The van der Waals surface area contributed by atoms with E-state index >= 15 is 0 Å². The fraction of sp³-hybridized carbons (Fsp3) is 0.125. The summed E-state index contributed by atoms with van der Waals surface area (Å²) in [5.74, 6) is 0.887. The topological polar surface area (TPSA) is 34.9 Å². The SMILES string of the molecule is Cn1ccnc1CC(=O)c1ccc2ccccc2c1. The number of aryl methyl sites for hydroxylation is 1. The van der Waals surface area contributed by atoms with Gasteiger partial charge in [0, 0.05) is 25.0 Å². The van der Waals surface area contributed by atoms with Crippen LogP contribution >= 0.6 is 0 Å². The number of hydrogen-bond donors (Lipinski definition) is 0. The molecule has 0 spiro atoms. The molecule has 3 rings (SSSR count). The van der Waals surface area contributed by atoms with Crippen LogP contribution in [0.2, 0.25) is 0 Å². The zero-order chi connectivity index (χ0) is 13.2. The predicted octanol–water partition coefficient (Wildman–Crippen LogP) is 3.00. The molecule has 94 valence electrons. The molecule has 19 heavy (non-hydrogen) atoms. The molecule has 0 fully saturated rings. The number of carbonyl (C=O) groups is 1. The van der Waals surface area contributed by atoms with Crippen molar-refractivity contribution < 1.29 is 4.79 Å². The summed E-state index contributed by atoms with van der Waals surface area (Å²) in [7, 11) is 1.90. The van der Waals surface area contributed by atoms with Crippen molar-refractivity contribution in [2.24, 2.45) is 7.05 Å². The lowest BCUT2D eigenvalue weighted by atomic mass is 10.0. The third-order valence-corrected chi connectivity index (χ3v) is 3.31. The minimum Gasteiger partial charge on any atom is -0.338 e. The maximum atomic E-state index is 12.3. The van der Waals surface area contributed by atoms with E-state index < -0.39 is 0 Å². The lowest BCUT2D eigenvalue weighted by Crippen LogP contribution is -2.08. The second-order valence-electron chi connectivity index (χ2n) is 4.62. The highest BCUT2D eigenvalue weighted by Crippen LogP contribution is 2.16. The van der Waals surface area contributed by atoms with Crippen molar-refractivity contribution in [3.8, 4) is 0 Å². The van der Waals surface area contributed by atoms with Gasteiger partial charge in [-0.3, -0.25) is 4.79 Å². The Labute approximate surface area is 111 Å². The lowest BCUT2D eigenvalue weighted by molar-refractivity contribution is 0.0990. The molecule has 3 nitrogen and oxygen atoms in total. The van der Waals surface area contributed by atoms with Crippen LogP contribution in [0.4, 0.5) is 0 Å². The van der Waals surface area contributed by atoms with Crippen LogP contribution in [-0.2, 0) is 13.5 Å². The van der Waals surface area contributed by atoms with Crippen molar-refractivity contribution in [3.05, 3.63) is 66.2 Å². The normalized spacial score (nSPS) is 10.8. The second-order valence-corrected chi connectivity index (χ2v) is 4.62. The van der Waals surface area contributed by atoms with Crippen molar-refractivity contribution in [3.63, 3.8) is 0 Å². The van der Waals surface area contributed by atoms with Gasteiger partial charge in [0.25, 0.3) is 0 Å². The molecule has 0 N–H and O–H groups in total. The van der Waals surface area contributed by atoms with E-state index in [2.05, 4.69) is 4.98 Å². The first kappa shape index (κ1) is 11.7. The van der Waals surface area contributed by atoms with Gasteiger partial charge in [-0.25, -0.2) is 4.98 Å². The van der Waals surface area contributed by atoms with Crippen molar-refractivity contribution in [2.75, 3.05) is 0 Å². The van der Waals surface area contributed by atoms with Gasteiger partial charge in [-0.1, -0.05) is 36.4 Å². The summed E-state index contributed by atoms with van der Waals surface area (Å²) in [6.45, 7) is 0. The van der Waals surface area contributed by atoms with Crippen LogP contribution < -0.4 is 0 Å². The molecule has 0 amide bonds. The quantitative estimate of drug-likeness (QED) is 0.670. The zero-order valence-electron chi connectivity index (χ0n) is 10.7. The van der Waals surface area contributed by atoms with E-state index in [0.29, 0.717) is 6.42 Å². The molecule has 2 aromatic carbocycles. The molecule has 3 aromatic rings. The lowest BCUT2D eigenvalue weighted by Gasteiger charge is -2.04. The number of benzene rings is 2. The second kappa shape index (κ2) is 4.69. The van der Waals surface area contributed by atoms with Gasteiger partial charge in [0.2, 0.25) is 0 Å². The summed E-state index contributed by atoms with van der Waals surface area (Å²) >= 11 is 0. The van der Waals surface area contributed by atoms with Crippen LogP contribution in [0, 0.1) is 0 Å². The summed E-state index contributed by atoms with van der Waals surface area (Å²) in [6.07, 6.45) is 3.90. The van der Waals surface area contributed by atoms with Crippen molar-refractivity contribution in [2.45, 2.75) is 6.42 Å². The molecule has 0 saturated heterocycles. The number of fused-ring (bicyclic) bond motifs is 1. The first-order valence-corrected chi connectivity index (χ1v) is 6.22. The highest BCUT2D eigenvalue weighted by molar-refractivity contribution is 6.00. The van der Waals surface area contributed by atoms with E-state index in [1.165, 1.54) is 0 Å². The number of nitrogens with zero attached hydrogens (tertiary/aromatic N) is 2. The molecule has 0 bridgehead atoms. The molecule has 0 saturated carbocycles. The Balaban J connectivity index is 1.91.